The SMILES string of the molecule is CCC1NC(=O)C(C)N(Cc2cccc(Br)c2)C1=O. The summed E-state index contributed by atoms with van der Waals surface area (Å²) in [6.07, 6.45) is 0.617. The number of nitrogens with one attached hydrogen (secondary N) is 1. The molecule has 1 aromatic rings. The van der Waals surface area contributed by atoms with Crippen LogP contribution in [0.4, 0.5) is 0 Å². The monoisotopic (exact) mass is 324 g/mol. The van der Waals surface area contributed by atoms with Gasteiger partial charge in [-0.25, -0.2) is 0 Å². The summed E-state index contributed by atoms with van der Waals surface area (Å²) < 4.78 is 0.971. The Bertz CT molecular complexity index is 504. The lowest BCUT2D eigenvalue weighted by Crippen LogP contribution is -2.61. The summed E-state index contributed by atoms with van der Waals surface area (Å²) >= 11 is 3.41. The molecule has 5 heteroatoms. The van der Waals surface area contributed by atoms with Gasteiger partial charge in [-0.1, -0.05) is 35.0 Å². The molecule has 1 aliphatic heterocycles. The van der Waals surface area contributed by atoms with Gasteiger partial charge in [0, 0.05) is 11.0 Å². The summed E-state index contributed by atoms with van der Waals surface area (Å²) in [5, 5.41) is 2.75. The molecule has 4 nitrogen and oxygen atoms in total. The molecule has 1 aromatic carbocycles. The number of halogens is 1. The highest BCUT2D eigenvalue weighted by molar-refractivity contribution is 9.10. The molecule has 0 bridgehead atoms. The summed E-state index contributed by atoms with van der Waals surface area (Å²) in [5.41, 5.74) is 1.01. The molecule has 1 saturated heterocycles. The Labute approximate surface area is 121 Å². The number of benzene rings is 1. The average Bonchev–Trinajstić information content (AvgIpc) is 2.39. The Balaban J connectivity index is 2.21. The van der Waals surface area contributed by atoms with Crippen molar-refractivity contribution in [3.63, 3.8) is 0 Å². The number of carbonyl (C=O) groups excluding carboxylic acids is 2. The van der Waals surface area contributed by atoms with Gasteiger partial charge in [-0.2, -0.15) is 0 Å². The number of hydrogen-bond acceptors (Lipinski definition) is 2. The second-order valence-electron chi connectivity index (χ2n) is 4.74. The lowest BCUT2D eigenvalue weighted by molar-refractivity contribution is -0.149. The summed E-state index contributed by atoms with van der Waals surface area (Å²) in [6, 6.07) is 6.97. The van der Waals surface area contributed by atoms with Gasteiger partial charge in [0.2, 0.25) is 11.8 Å². The van der Waals surface area contributed by atoms with E-state index in [2.05, 4.69) is 21.2 Å². The first-order chi connectivity index (χ1) is 9.02. The first kappa shape index (κ1) is 14.1. The van der Waals surface area contributed by atoms with Gasteiger partial charge >= 0.3 is 0 Å². The maximum atomic E-state index is 12.3. The van der Waals surface area contributed by atoms with Crippen molar-refractivity contribution >= 4 is 27.7 Å². The molecule has 1 fully saturated rings. The lowest BCUT2D eigenvalue weighted by atomic mass is 10.1. The van der Waals surface area contributed by atoms with E-state index < -0.39 is 12.1 Å². The molecule has 1 heterocycles. The summed E-state index contributed by atoms with van der Waals surface area (Å²) in [4.78, 5) is 25.8. The number of amides is 2. The van der Waals surface area contributed by atoms with Crippen LogP contribution in [0.5, 0.6) is 0 Å². The molecule has 2 unspecified atom stereocenters. The van der Waals surface area contributed by atoms with Gasteiger partial charge in [0.05, 0.1) is 0 Å². The Kier molecular flexibility index (Phi) is 4.24. The topological polar surface area (TPSA) is 49.4 Å². The van der Waals surface area contributed by atoms with Crippen LogP contribution in [0, 0.1) is 0 Å². The third kappa shape index (κ3) is 2.97. The minimum absolute atomic E-state index is 0.00502. The van der Waals surface area contributed by atoms with Gasteiger partial charge in [0.15, 0.2) is 0 Å². The smallest absolute Gasteiger partial charge is 0.246 e. The van der Waals surface area contributed by atoms with Crippen LogP contribution in [0.15, 0.2) is 28.7 Å². The molecule has 0 saturated carbocycles. The predicted octanol–water partition coefficient (Wildman–Crippen LogP) is 2.07. The van der Waals surface area contributed by atoms with E-state index in [1.165, 1.54) is 0 Å². The van der Waals surface area contributed by atoms with Crippen LogP contribution in [0.25, 0.3) is 0 Å². The maximum Gasteiger partial charge on any atom is 0.246 e. The van der Waals surface area contributed by atoms with Gasteiger partial charge in [-0.15, -0.1) is 0 Å². The van der Waals surface area contributed by atoms with Crippen molar-refractivity contribution in [2.45, 2.75) is 38.9 Å². The average molecular weight is 325 g/mol. The van der Waals surface area contributed by atoms with Gasteiger partial charge in [0.1, 0.15) is 12.1 Å². The number of rotatable bonds is 3. The van der Waals surface area contributed by atoms with E-state index in [0.29, 0.717) is 13.0 Å². The number of piperazine rings is 1. The van der Waals surface area contributed by atoms with Crippen LogP contribution < -0.4 is 5.32 Å². The fourth-order valence-electron chi connectivity index (χ4n) is 2.21. The largest absolute Gasteiger partial charge is 0.343 e. The predicted molar refractivity (Wildman–Crippen MR) is 76.4 cm³/mol. The summed E-state index contributed by atoms with van der Waals surface area (Å²) in [6.45, 7) is 4.12. The van der Waals surface area contributed by atoms with E-state index in [4.69, 9.17) is 0 Å². The molecule has 2 amide bonds. The van der Waals surface area contributed by atoms with Crippen molar-refractivity contribution in [2.75, 3.05) is 0 Å². The molecule has 0 radical (unpaired) electrons. The second-order valence-corrected chi connectivity index (χ2v) is 5.66. The maximum absolute atomic E-state index is 12.3. The standard InChI is InChI=1S/C14H17BrN2O2/c1-3-12-14(19)17(9(2)13(18)16-12)8-10-5-4-6-11(15)7-10/h4-7,9,12H,3,8H2,1-2H3,(H,16,18). The van der Waals surface area contributed by atoms with Crippen molar-refractivity contribution in [3.05, 3.63) is 34.3 Å². The Morgan fingerprint density at radius 1 is 1.37 bits per heavy atom. The van der Waals surface area contributed by atoms with E-state index in [0.717, 1.165) is 10.0 Å². The third-order valence-corrected chi connectivity index (χ3v) is 3.89. The van der Waals surface area contributed by atoms with Crippen LogP contribution in [0.3, 0.4) is 0 Å². The fraction of sp³-hybridized carbons (Fsp3) is 0.429. The van der Waals surface area contributed by atoms with Crippen molar-refractivity contribution in [2.24, 2.45) is 0 Å². The highest BCUT2D eigenvalue weighted by Crippen LogP contribution is 2.18. The van der Waals surface area contributed by atoms with Crippen LogP contribution in [-0.4, -0.2) is 28.8 Å². The fourth-order valence-corrected chi connectivity index (χ4v) is 2.66. The molecule has 2 atom stereocenters. The van der Waals surface area contributed by atoms with Crippen LogP contribution in [-0.2, 0) is 16.1 Å². The number of hydrogen-bond donors (Lipinski definition) is 1. The Hall–Kier alpha value is -1.36. The van der Waals surface area contributed by atoms with E-state index in [1.54, 1.807) is 11.8 Å². The van der Waals surface area contributed by atoms with Crippen LogP contribution in [0.1, 0.15) is 25.8 Å². The molecule has 2 rings (SSSR count). The Morgan fingerprint density at radius 3 is 2.74 bits per heavy atom. The van der Waals surface area contributed by atoms with Gasteiger partial charge in [0.25, 0.3) is 0 Å². The van der Waals surface area contributed by atoms with Gasteiger partial charge in [-0.05, 0) is 31.0 Å². The first-order valence-electron chi connectivity index (χ1n) is 6.38. The first-order valence-corrected chi connectivity index (χ1v) is 7.17. The summed E-state index contributed by atoms with van der Waals surface area (Å²) in [5.74, 6) is -0.0870. The van der Waals surface area contributed by atoms with Crippen molar-refractivity contribution in [3.8, 4) is 0 Å². The van der Waals surface area contributed by atoms with E-state index in [1.807, 2.05) is 31.2 Å². The van der Waals surface area contributed by atoms with Crippen LogP contribution >= 0.6 is 15.9 Å². The zero-order chi connectivity index (χ0) is 14.0. The molecular weight excluding hydrogens is 308 g/mol. The molecule has 1 aliphatic rings. The highest BCUT2D eigenvalue weighted by Gasteiger charge is 2.36. The van der Waals surface area contributed by atoms with E-state index >= 15 is 0 Å². The van der Waals surface area contributed by atoms with Gasteiger partial charge < -0.3 is 10.2 Å². The third-order valence-electron chi connectivity index (χ3n) is 3.39. The molecule has 1 N–H and O–H groups in total. The number of nitrogens with zero attached hydrogens (tertiary/aromatic N) is 1. The van der Waals surface area contributed by atoms with Gasteiger partial charge in [-0.3, -0.25) is 9.59 Å². The Morgan fingerprint density at radius 2 is 2.11 bits per heavy atom. The van der Waals surface area contributed by atoms with E-state index in [-0.39, 0.29) is 11.8 Å². The number of carbonyl (C=O) groups is 2. The zero-order valence-corrected chi connectivity index (χ0v) is 12.6. The molecular formula is C14H17BrN2O2. The van der Waals surface area contributed by atoms with E-state index in [9.17, 15) is 9.59 Å². The molecule has 0 spiro atoms. The molecule has 0 aromatic heterocycles. The van der Waals surface area contributed by atoms with Crippen LogP contribution in [0.2, 0.25) is 0 Å². The quantitative estimate of drug-likeness (QED) is 0.925. The zero-order valence-electron chi connectivity index (χ0n) is 11.0. The normalized spacial score (nSPS) is 23.4. The molecule has 0 aliphatic carbocycles. The summed E-state index contributed by atoms with van der Waals surface area (Å²) in [7, 11) is 0. The van der Waals surface area contributed by atoms with Crippen molar-refractivity contribution < 1.29 is 9.59 Å². The van der Waals surface area contributed by atoms with Crippen molar-refractivity contribution in [1.82, 2.24) is 10.2 Å². The highest BCUT2D eigenvalue weighted by atomic mass is 79.9. The lowest BCUT2D eigenvalue weighted by Gasteiger charge is -2.37. The second kappa shape index (κ2) is 5.74. The minimum atomic E-state index is -0.422. The molecule has 102 valence electrons. The van der Waals surface area contributed by atoms with Crippen molar-refractivity contribution in [1.29, 1.82) is 0 Å². The molecule has 19 heavy (non-hydrogen) atoms. The minimum Gasteiger partial charge on any atom is -0.343 e.